The molecule has 0 radical (unpaired) electrons. The summed E-state index contributed by atoms with van der Waals surface area (Å²) in [6, 6.07) is 0. The molecule has 1 rings (SSSR count). The van der Waals surface area contributed by atoms with Crippen LogP contribution in [0.15, 0.2) is 6.20 Å². The number of carbonyl (C=O) groups is 2. The minimum atomic E-state index is -0.185. The number of carbonyl (C=O) groups excluding carboxylic acids is 2. The molecule has 1 aromatic rings. The molecule has 0 atom stereocenters. The number of unbranched alkanes of at least 4 members (excludes halogenated alkanes) is 2. The number of amides is 2. The van der Waals surface area contributed by atoms with Crippen LogP contribution in [-0.2, 0) is 9.59 Å². The second kappa shape index (κ2) is 8.77. The molecule has 6 heteroatoms. The third kappa shape index (κ3) is 6.25. The summed E-state index contributed by atoms with van der Waals surface area (Å²) in [5, 5.41) is 3.34. The van der Waals surface area contributed by atoms with Crippen LogP contribution in [-0.4, -0.2) is 34.8 Å². The third-order valence-electron chi connectivity index (χ3n) is 3.04. The first-order valence-electron chi connectivity index (χ1n) is 7.45. The zero-order valence-corrected chi connectivity index (χ0v) is 14.1. The second-order valence-electron chi connectivity index (χ2n) is 5.45. The van der Waals surface area contributed by atoms with Gasteiger partial charge in [0.25, 0.3) is 0 Å². The lowest BCUT2D eigenvalue weighted by molar-refractivity contribution is -0.137. The highest BCUT2D eigenvalue weighted by molar-refractivity contribution is 7.15. The van der Waals surface area contributed by atoms with Crippen LogP contribution in [0.4, 0.5) is 5.13 Å². The van der Waals surface area contributed by atoms with Crippen LogP contribution in [0.2, 0.25) is 0 Å². The minimum Gasteiger partial charge on any atom is -0.333 e. The fourth-order valence-corrected chi connectivity index (χ4v) is 2.61. The maximum Gasteiger partial charge on any atom is 0.245 e. The number of rotatable bonds is 8. The Labute approximate surface area is 130 Å². The molecular weight excluding hydrogens is 286 g/mol. The fourth-order valence-electron chi connectivity index (χ4n) is 1.93. The van der Waals surface area contributed by atoms with Crippen LogP contribution < -0.4 is 5.32 Å². The fraction of sp³-hybridized carbons (Fsp3) is 0.667. The maximum absolute atomic E-state index is 12.2. The zero-order chi connectivity index (χ0) is 15.8. The monoisotopic (exact) mass is 311 g/mol. The van der Waals surface area contributed by atoms with Crippen LogP contribution >= 0.6 is 11.3 Å². The van der Waals surface area contributed by atoms with Gasteiger partial charge in [0.1, 0.15) is 0 Å². The number of aromatic nitrogens is 1. The van der Waals surface area contributed by atoms with E-state index < -0.39 is 0 Å². The van der Waals surface area contributed by atoms with E-state index in [-0.39, 0.29) is 24.3 Å². The normalized spacial score (nSPS) is 10.7. The van der Waals surface area contributed by atoms with Gasteiger partial charge in [-0.25, -0.2) is 4.98 Å². The Kier molecular flexibility index (Phi) is 7.36. The Balaban J connectivity index is 2.57. The van der Waals surface area contributed by atoms with Gasteiger partial charge >= 0.3 is 0 Å². The smallest absolute Gasteiger partial charge is 0.245 e. The predicted molar refractivity (Wildman–Crippen MR) is 86.4 cm³/mol. The summed E-state index contributed by atoms with van der Waals surface area (Å²) in [6.07, 6.45) is 4.81. The number of anilines is 1. The standard InChI is InChI=1S/C15H25N3O2S/c1-5-6-7-8-18(14(20)11(2)3)10-13(19)17-15-16-9-12(4)21-15/h9,11H,5-8,10H2,1-4H3,(H,16,17,19). The van der Waals surface area contributed by atoms with E-state index in [2.05, 4.69) is 17.2 Å². The number of aryl methyl sites for hydroxylation is 1. The summed E-state index contributed by atoms with van der Waals surface area (Å²) in [7, 11) is 0. The van der Waals surface area contributed by atoms with Crippen molar-refractivity contribution >= 4 is 28.3 Å². The van der Waals surface area contributed by atoms with Crippen molar-refractivity contribution in [3.05, 3.63) is 11.1 Å². The van der Waals surface area contributed by atoms with Crippen molar-refractivity contribution in [2.24, 2.45) is 5.92 Å². The second-order valence-corrected chi connectivity index (χ2v) is 6.68. The molecule has 118 valence electrons. The average molecular weight is 311 g/mol. The van der Waals surface area contributed by atoms with E-state index in [4.69, 9.17) is 0 Å². The van der Waals surface area contributed by atoms with E-state index in [9.17, 15) is 9.59 Å². The molecule has 0 spiro atoms. The molecule has 0 aliphatic rings. The summed E-state index contributed by atoms with van der Waals surface area (Å²) in [5.74, 6) is -0.257. The number of nitrogens with zero attached hydrogens (tertiary/aromatic N) is 2. The lowest BCUT2D eigenvalue weighted by atomic mass is 10.1. The van der Waals surface area contributed by atoms with Crippen molar-refractivity contribution in [3.63, 3.8) is 0 Å². The van der Waals surface area contributed by atoms with Gasteiger partial charge < -0.3 is 10.2 Å². The van der Waals surface area contributed by atoms with E-state index in [0.717, 1.165) is 24.1 Å². The molecule has 0 fully saturated rings. The van der Waals surface area contributed by atoms with Crippen molar-refractivity contribution in [2.45, 2.75) is 47.0 Å². The van der Waals surface area contributed by atoms with E-state index in [0.29, 0.717) is 11.7 Å². The Hall–Kier alpha value is -1.43. The van der Waals surface area contributed by atoms with E-state index in [1.165, 1.54) is 11.3 Å². The SMILES string of the molecule is CCCCCN(CC(=O)Nc1ncc(C)s1)C(=O)C(C)C. The molecule has 0 saturated heterocycles. The summed E-state index contributed by atoms with van der Waals surface area (Å²) in [6.45, 7) is 8.50. The summed E-state index contributed by atoms with van der Waals surface area (Å²) < 4.78 is 0. The van der Waals surface area contributed by atoms with E-state index in [1.807, 2.05) is 20.8 Å². The Morgan fingerprint density at radius 2 is 2.10 bits per heavy atom. The number of hydrogen-bond donors (Lipinski definition) is 1. The molecule has 5 nitrogen and oxygen atoms in total. The van der Waals surface area contributed by atoms with Gasteiger partial charge in [-0.15, -0.1) is 11.3 Å². The minimum absolute atomic E-state index is 0.0246. The maximum atomic E-state index is 12.2. The molecule has 0 saturated carbocycles. The van der Waals surface area contributed by atoms with Gasteiger partial charge in [-0.2, -0.15) is 0 Å². The topological polar surface area (TPSA) is 62.3 Å². The van der Waals surface area contributed by atoms with E-state index >= 15 is 0 Å². The molecule has 0 aliphatic carbocycles. The van der Waals surface area contributed by atoms with Crippen molar-refractivity contribution in [2.75, 3.05) is 18.4 Å². The summed E-state index contributed by atoms with van der Waals surface area (Å²) in [5.41, 5.74) is 0. The molecule has 1 N–H and O–H groups in total. The van der Waals surface area contributed by atoms with Crippen molar-refractivity contribution in [3.8, 4) is 0 Å². The quantitative estimate of drug-likeness (QED) is 0.751. The Morgan fingerprint density at radius 1 is 1.38 bits per heavy atom. The summed E-state index contributed by atoms with van der Waals surface area (Å²) in [4.78, 5) is 31.0. The van der Waals surface area contributed by atoms with E-state index in [1.54, 1.807) is 11.1 Å². The van der Waals surface area contributed by atoms with Gasteiger partial charge in [-0.3, -0.25) is 9.59 Å². The van der Waals surface area contributed by atoms with Crippen LogP contribution in [0.25, 0.3) is 0 Å². The first kappa shape index (κ1) is 17.6. The molecule has 0 bridgehead atoms. The van der Waals surface area contributed by atoms with Crippen molar-refractivity contribution in [1.29, 1.82) is 0 Å². The molecule has 2 amide bonds. The van der Waals surface area contributed by atoms with Crippen molar-refractivity contribution < 1.29 is 9.59 Å². The molecule has 21 heavy (non-hydrogen) atoms. The Morgan fingerprint density at radius 3 is 2.62 bits per heavy atom. The summed E-state index contributed by atoms with van der Waals surface area (Å²) >= 11 is 1.43. The first-order valence-corrected chi connectivity index (χ1v) is 8.26. The first-order chi connectivity index (χ1) is 9.93. The molecule has 0 unspecified atom stereocenters. The van der Waals surface area contributed by atoms with Crippen LogP contribution in [0.1, 0.15) is 44.9 Å². The molecule has 0 aromatic carbocycles. The predicted octanol–water partition coefficient (Wildman–Crippen LogP) is 3.06. The lowest BCUT2D eigenvalue weighted by Crippen LogP contribution is -2.40. The third-order valence-corrected chi connectivity index (χ3v) is 3.87. The van der Waals surface area contributed by atoms with Gasteiger partial charge in [0.05, 0.1) is 6.54 Å². The van der Waals surface area contributed by atoms with Crippen molar-refractivity contribution in [1.82, 2.24) is 9.88 Å². The average Bonchev–Trinajstić information content (AvgIpc) is 2.82. The lowest BCUT2D eigenvalue weighted by Gasteiger charge is -2.23. The zero-order valence-electron chi connectivity index (χ0n) is 13.3. The number of thiazole rings is 1. The van der Waals surface area contributed by atoms with Gasteiger partial charge in [-0.05, 0) is 13.3 Å². The van der Waals surface area contributed by atoms with Crippen LogP contribution in [0, 0.1) is 12.8 Å². The molecule has 1 aromatic heterocycles. The van der Waals surface area contributed by atoms with Gasteiger partial charge in [0.2, 0.25) is 11.8 Å². The highest BCUT2D eigenvalue weighted by Crippen LogP contribution is 2.16. The van der Waals surface area contributed by atoms with Gasteiger partial charge in [-0.1, -0.05) is 33.6 Å². The Bertz CT molecular complexity index is 471. The highest BCUT2D eigenvalue weighted by atomic mass is 32.1. The van der Waals surface area contributed by atoms with Crippen LogP contribution in [0.3, 0.4) is 0 Å². The molecule has 1 heterocycles. The molecule has 0 aliphatic heterocycles. The highest BCUT2D eigenvalue weighted by Gasteiger charge is 2.19. The van der Waals surface area contributed by atoms with Crippen LogP contribution in [0.5, 0.6) is 0 Å². The van der Waals surface area contributed by atoms with Gasteiger partial charge in [0.15, 0.2) is 5.13 Å². The molecular formula is C15H25N3O2S. The largest absolute Gasteiger partial charge is 0.333 e. The number of nitrogens with one attached hydrogen (secondary N) is 1. The van der Waals surface area contributed by atoms with Gasteiger partial charge in [0, 0.05) is 23.5 Å². The number of hydrogen-bond acceptors (Lipinski definition) is 4.